The molecule has 2 aromatic heterocycles. The van der Waals surface area contributed by atoms with Crippen LogP contribution in [0.1, 0.15) is 83.1 Å². The summed E-state index contributed by atoms with van der Waals surface area (Å²) in [7, 11) is -1.39. The minimum absolute atomic E-state index is 0. The van der Waals surface area contributed by atoms with Gasteiger partial charge in [-0.3, -0.25) is 0 Å². The normalized spacial score (nSPS) is 15.5. The summed E-state index contributed by atoms with van der Waals surface area (Å²) in [5.74, 6) is 0. The van der Waals surface area contributed by atoms with E-state index in [-0.39, 0.29) is 58.5 Å². The monoisotopic (exact) mass is 685 g/mol. The first-order chi connectivity index (χ1) is 20.0. The van der Waals surface area contributed by atoms with Crippen LogP contribution in [0, 0.1) is 0 Å². The molecule has 248 valence electrons. The third-order valence-electron chi connectivity index (χ3n) is 8.36. The molecule has 9 heteroatoms. The molecule has 0 aliphatic carbocycles. The molecule has 4 unspecified atom stereocenters. The molecule has 0 bridgehead atoms. The van der Waals surface area contributed by atoms with Crippen LogP contribution >= 0.6 is 31.7 Å². The smallest absolute Gasteiger partial charge is 0.0899 e. The number of benzene rings is 2. The summed E-state index contributed by atoms with van der Waals surface area (Å²) in [5.41, 5.74) is 9.12. The summed E-state index contributed by atoms with van der Waals surface area (Å²) in [6.07, 6.45) is 0. The van der Waals surface area contributed by atoms with Gasteiger partial charge in [-0.15, -0.1) is 0 Å². The van der Waals surface area contributed by atoms with Crippen molar-refractivity contribution in [3.05, 3.63) is 48.5 Å². The Kier molecular flexibility index (Phi) is 13.3. The summed E-state index contributed by atoms with van der Waals surface area (Å²) in [6, 6.07) is 16.5. The van der Waals surface area contributed by atoms with Gasteiger partial charge < -0.3 is 6.15 Å². The molecule has 0 aliphatic heterocycles. The third kappa shape index (κ3) is 9.91. The molecule has 0 spiro atoms. The fourth-order valence-electron chi connectivity index (χ4n) is 4.13. The van der Waals surface area contributed by atoms with Crippen LogP contribution < -0.4 is 27.9 Å². The van der Waals surface area contributed by atoms with Crippen molar-refractivity contribution in [1.82, 2.24) is 26.1 Å². The summed E-state index contributed by atoms with van der Waals surface area (Å²) in [6.45, 7) is 37.2. The Hall–Kier alpha value is -1.20. The van der Waals surface area contributed by atoms with E-state index in [9.17, 15) is 0 Å². The highest BCUT2D eigenvalue weighted by Gasteiger charge is 2.33. The Labute approximate surface area is 279 Å². The SMILES string of the molecule is CP(c1nc2ccccc2nc1P(C)C(C)(C)C)C(C)(C)C.CP(c1nc2ccccc2nc1P(C)C(C)(C)C)C(C)(C)C.N. The fraction of sp³-hybridized carbons (Fsp3) is 0.556. The molecule has 4 aromatic rings. The Morgan fingerprint density at radius 3 is 0.644 bits per heavy atom. The van der Waals surface area contributed by atoms with E-state index in [0.717, 1.165) is 22.1 Å². The molecule has 45 heavy (non-hydrogen) atoms. The predicted octanol–water partition coefficient (Wildman–Crippen LogP) is 9.56. The lowest BCUT2D eigenvalue weighted by Gasteiger charge is -2.33. The van der Waals surface area contributed by atoms with E-state index < -0.39 is 0 Å². The third-order valence-corrected chi connectivity index (χ3v) is 20.6. The van der Waals surface area contributed by atoms with Crippen LogP contribution in [0.3, 0.4) is 0 Å². The van der Waals surface area contributed by atoms with Gasteiger partial charge in [0, 0.05) is 0 Å². The number of fused-ring (bicyclic) bond motifs is 2. The van der Waals surface area contributed by atoms with Crippen LogP contribution in [-0.4, -0.2) is 67.2 Å². The summed E-state index contributed by atoms with van der Waals surface area (Å²) in [4.78, 5) is 20.2. The standard InChI is InChI=1S/2C18H28N2P2.H3N/c2*1-17(2,3)21(7)15-16(22(8)18(4,5)6)20-14-12-10-9-11-13(14)19-15;/h2*9-12H,1-8H3;1H3. The van der Waals surface area contributed by atoms with E-state index in [0.29, 0.717) is 0 Å². The van der Waals surface area contributed by atoms with Crippen LogP contribution in [0.4, 0.5) is 0 Å². The Morgan fingerprint density at radius 1 is 0.356 bits per heavy atom. The van der Waals surface area contributed by atoms with Crippen molar-refractivity contribution in [3.8, 4) is 0 Å². The van der Waals surface area contributed by atoms with Gasteiger partial charge in [-0.2, -0.15) is 0 Å². The Balaban J connectivity index is 0.000000307. The van der Waals surface area contributed by atoms with Gasteiger partial charge in [-0.25, -0.2) is 19.9 Å². The lowest BCUT2D eigenvalue weighted by molar-refractivity contribution is 0.787. The molecular formula is C36H59N5P4. The average molecular weight is 686 g/mol. The quantitative estimate of drug-likeness (QED) is 0.216. The molecule has 0 saturated carbocycles. The Morgan fingerprint density at radius 2 is 0.511 bits per heavy atom. The number of para-hydroxylation sites is 4. The van der Waals surface area contributed by atoms with E-state index >= 15 is 0 Å². The van der Waals surface area contributed by atoms with Crippen molar-refractivity contribution in [2.75, 3.05) is 26.7 Å². The summed E-state index contributed by atoms with van der Waals surface area (Å²) >= 11 is 0. The van der Waals surface area contributed by atoms with Crippen molar-refractivity contribution in [3.63, 3.8) is 0 Å². The highest BCUT2D eigenvalue weighted by Crippen LogP contribution is 2.50. The largest absolute Gasteiger partial charge is 0.344 e. The minimum atomic E-state index is -0.348. The van der Waals surface area contributed by atoms with Crippen LogP contribution in [-0.2, 0) is 0 Å². The maximum Gasteiger partial charge on any atom is 0.0899 e. The van der Waals surface area contributed by atoms with Crippen molar-refractivity contribution in [2.45, 2.75) is 104 Å². The van der Waals surface area contributed by atoms with Crippen LogP contribution in [0.2, 0.25) is 0 Å². The van der Waals surface area contributed by atoms with Gasteiger partial charge in [-0.05, 0) is 71.5 Å². The predicted molar refractivity (Wildman–Crippen MR) is 213 cm³/mol. The second kappa shape index (κ2) is 14.9. The molecular weight excluding hydrogens is 626 g/mol. The molecule has 0 radical (unpaired) electrons. The van der Waals surface area contributed by atoms with E-state index in [4.69, 9.17) is 19.9 Å². The molecule has 2 heterocycles. The first-order valence-corrected chi connectivity index (χ1v) is 22.7. The Bertz CT molecular complexity index is 1340. The molecule has 3 N–H and O–H groups in total. The van der Waals surface area contributed by atoms with Gasteiger partial charge in [0.05, 0.1) is 43.8 Å². The average Bonchev–Trinajstić information content (AvgIpc) is 2.92. The molecule has 0 saturated heterocycles. The van der Waals surface area contributed by atoms with Gasteiger partial charge in [0.15, 0.2) is 0 Å². The number of rotatable bonds is 4. The molecule has 4 rings (SSSR count). The van der Waals surface area contributed by atoms with Crippen LogP contribution in [0.5, 0.6) is 0 Å². The van der Waals surface area contributed by atoms with E-state index in [1.807, 2.05) is 24.3 Å². The number of hydrogen-bond acceptors (Lipinski definition) is 5. The van der Waals surface area contributed by atoms with Gasteiger partial charge in [0.1, 0.15) is 0 Å². The minimum Gasteiger partial charge on any atom is -0.344 e. The molecule has 2 aromatic carbocycles. The number of nitrogens with zero attached hydrogens (tertiary/aromatic N) is 4. The maximum absolute atomic E-state index is 5.06. The second-order valence-electron chi connectivity index (χ2n) is 15.6. The molecule has 0 amide bonds. The van der Waals surface area contributed by atoms with Gasteiger partial charge >= 0.3 is 0 Å². The van der Waals surface area contributed by atoms with Crippen LogP contribution in [0.25, 0.3) is 22.1 Å². The first-order valence-electron chi connectivity index (χ1n) is 15.5. The van der Waals surface area contributed by atoms with Gasteiger partial charge in [0.25, 0.3) is 0 Å². The van der Waals surface area contributed by atoms with E-state index in [2.05, 4.69) is 134 Å². The first kappa shape index (κ1) is 40.0. The maximum atomic E-state index is 5.06. The molecule has 4 atom stereocenters. The molecule has 0 fully saturated rings. The van der Waals surface area contributed by atoms with Crippen molar-refractivity contribution >= 4 is 75.5 Å². The topological polar surface area (TPSA) is 86.6 Å². The zero-order valence-electron chi connectivity index (χ0n) is 30.9. The molecule has 5 nitrogen and oxygen atoms in total. The van der Waals surface area contributed by atoms with Crippen molar-refractivity contribution in [2.24, 2.45) is 0 Å². The zero-order valence-corrected chi connectivity index (χ0v) is 34.5. The second-order valence-corrected chi connectivity index (χ2v) is 27.2. The highest BCUT2D eigenvalue weighted by molar-refractivity contribution is 7.73. The number of aromatic nitrogens is 4. The number of hydrogen-bond donors (Lipinski definition) is 1. The van der Waals surface area contributed by atoms with Gasteiger partial charge in [0.2, 0.25) is 0 Å². The van der Waals surface area contributed by atoms with E-state index in [1.165, 1.54) is 21.7 Å². The lowest BCUT2D eigenvalue weighted by atomic mass is 10.3. The lowest BCUT2D eigenvalue weighted by Crippen LogP contribution is -2.36. The van der Waals surface area contributed by atoms with Crippen molar-refractivity contribution in [1.29, 1.82) is 0 Å². The zero-order chi connectivity index (χ0) is 33.4. The van der Waals surface area contributed by atoms with Gasteiger partial charge in [-0.1, -0.05) is 139 Å². The molecule has 0 aliphatic rings. The van der Waals surface area contributed by atoms with E-state index in [1.54, 1.807) is 0 Å². The fourth-order valence-corrected chi connectivity index (χ4v) is 10.9. The van der Waals surface area contributed by atoms with Crippen molar-refractivity contribution < 1.29 is 0 Å². The summed E-state index contributed by atoms with van der Waals surface area (Å²) in [5, 5.41) is 0.981. The summed E-state index contributed by atoms with van der Waals surface area (Å²) < 4.78 is 0. The van der Waals surface area contributed by atoms with Crippen LogP contribution in [0.15, 0.2) is 48.5 Å². The highest BCUT2D eigenvalue weighted by atomic mass is 31.1.